The summed E-state index contributed by atoms with van der Waals surface area (Å²) in [6.45, 7) is 10.2. The molecule has 0 saturated heterocycles. The summed E-state index contributed by atoms with van der Waals surface area (Å²) in [5.74, 6) is -4.83. The van der Waals surface area contributed by atoms with Gasteiger partial charge < -0.3 is 18.8 Å². The number of rotatable bonds is 4. The number of esters is 2. The summed E-state index contributed by atoms with van der Waals surface area (Å²) < 4.78 is 52.9. The topological polar surface area (TPSA) is 153 Å². The number of fused-ring (bicyclic) bond motifs is 12. The molecule has 0 N–H and O–H groups in total. The quantitative estimate of drug-likeness (QED) is 0.283. The van der Waals surface area contributed by atoms with E-state index in [1.54, 1.807) is 27.7 Å². The molecule has 2 heterocycles. The Morgan fingerprint density at radius 1 is 0.738 bits per heavy atom. The Labute approximate surface area is 268 Å². The molecule has 222 valence electrons. The molecule has 0 aromatic heterocycles. The molecule has 12 heteroatoms. The van der Waals surface area contributed by atoms with Crippen molar-refractivity contribution in [3.63, 3.8) is 0 Å². The molecule has 2 aliphatic rings. The molecule has 0 fully saturated rings. The van der Waals surface area contributed by atoms with E-state index in [2.05, 4.69) is 0 Å². The molecule has 4 bridgehead atoms. The van der Waals surface area contributed by atoms with Crippen LogP contribution in [0, 0.1) is 17.8 Å². The van der Waals surface area contributed by atoms with E-state index in [0.717, 1.165) is 18.2 Å². The van der Waals surface area contributed by atoms with Crippen LogP contribution < -0.4 is 29.6 Å². The Bertz CT molecular complexity index is 1420. The van der Waals surface area contributed by atoms with Crippen molar-refractivity contribution in [1.29, 1.82) is 0 Å². The second-order valence-corrected chi connectivity index (χ2v) is 11.9. The van der Waals surface area contributed by atoms with Gasteiger partial charge >= 0.3 is 41.5 Å². The summed E-state index contributed by atoms with van der Waals surface area (Å²) in [5.41, 5.74) is -0.00352. The molecule has 4 rings (SSSR count). The van der Waals surface area contributed by atoms with Gasteiger partial charge in [0.2, 0.25) is 0 Å². The second kappa shape index (κ2) is 14.9. The standard InChI is InChI=1S/C30H36O10S.Na/c1-7-12-38-28-17(3)26(31)21-8-10-22(11-9-21)29(33)39-19(5)16(2)20(6)40-30(34)24-13-23(27(32)18(28)4)14-25(15-24)41(35,36)37;/h8-11,13-20,28H,7,12H2,1-6H3,(H,35,36,37);/q;+1/p-1. The van der Waals surface area contributed by atoms with Crippen molar-refractivity contribution in [2.75, 3.05) is 6.61 Å². The van der Waals surface area contributed by atoms with Crippen molar-refractivity contribution in [3.8, 4) is 0 Å². The first kappa shape index (κ1) is 35.8. The maximum atomic E-state index is 13.7. The first-order valence-electron chi connectivity index (χ1n) is 13.5. The Morgan fingerprint density at radius 2 is 1.19 bits per heavy atom. The fraction of sp³-hybridized carbons (Fsp3) is 0.467. The van der Waals surface area contributed by atoms with Gasteiger partial charge in [0.1, 0.15) is 22.3 Å². The Morgan fingerprint density at radius 3 is 1.69 bits per heavy atom. The number of carbonyl (C=O) groups is 4. The molecule has 2 aromatic carbocycles. The minimum absolute atomic E-state index is 0. The third-order valence-electron chi connectivity index (χ3n) is 7.51. The van der Waals surface area contributed by atoms with Crippen LogP contribution in [0.1, 0.15) is 89.4 Å². The minimum Gasteiger partial charge on any atom is -0.744 e. The number of benzene rings is 2. The molecule has 0 saturated carbocycles. The van der Waals surface area contributed by atoms with E-state index in [9.17, 15) is 32.1 Å². The van der Waals surface area contributed by atoms with Crippen LogP contribution in [0.3, 0.4) is 0 Å². The van der Waals surface area contributed by atoms with Crippen molar-refractivity contribution >= 4 is 33.6 Å². The van der Waals surface area contributed by atoms with Gasteiger partial charge in [0, 0.05) is 35.5 Å². The zero-order chi connectivity index (χ0) is 30.6. The van der Waals surface area contributed by atoms with Crippen molar-refractivity contribution < 1.29 is 75.9 Å². The molecular weight excluding hydrogens is 575 g/mol. The average molecular weight is 611 g/mol. The van der Waals surface area contributed by atoms with Gasteiger partial charge in [-0.25, -0.2) is 18.0 Å². The van der Waals surface area contributed by atoms with Crippen LogP contribution >= 0.6 is 0 Å². The molecule has 0 aliphatic carbocycles. The Hall–Kier alpha value is -2.41. The largest absolute Gasteiger partial charge is 1.00 e. The van der Waals surface area contributed by atoms with Crippen LogP contribution in [0.15, 0.2) is 47.4 Å². The normalized spacial score (nSPS) is 25.9. The van der Waals surface area contributed by atoms with Crippen LogP contribution in [-0.4, -0.2) is 61.4 Å². The maximum absolute atomic E-state index is 13.7. The van der Waals surface area contributed by atoms with Gasteiger partial charge in [0.25, 0.3) is 0 Å². The fourth-order valence-electron chi connectivity index (χ4n) is 4.64. The van der Waals surface area contributed by atoms with Gasteiger partial charge in [-0.2, -0.15) is 0 Å². The number of hydrogen-bond donors (Lipinski definition) is 0. The van der Waals surface area contributed by atoms with Gasteiger partial charge in [-0.3, -0.25) is 9.59 Å². The van der Waals surface area contributed by atoms with E-state index >= 15 is 0 Å². The molecule has 10 nitrogen and oxygen atoms in total. The SMILES string of the molecule is CCCOC1C(C)C(=O)c2ccc(cc2)C(=O)OC(C)C(C)C(C)OC(=O)c2cc(cc(S(=O)(=O)[O-])c2)C(=O)C1C.[Na+]. The van der Waals surface area contributed by atoms with Crippen molar-refractivity contribution in [1.82, 2.24) is 0 Å². The molecule has 6 unspecified atom stereocenters. The molecule has 2 aromatic rings. The zero-order valence-corrected chi connectivity index (χ0v) is 27.7. The van der Waals surface area contributed by atoms with Crippen molar-refractivity contribution in [3.05, 3.63) is 64.7 Å². The van der Waals surface area contributed by atoms with E-state index in [4.69, 9.17) is 14.2 Å². The van der Waals surface area contributed by atoms with E-state index in [1.807, 2.05) is 6.92 Å². The minimum atomic E-state index is -5.06. The van der Waals surface area contributed by atoms with Gasteiger partial charge in [0.05, 0.1) is 22.1 Å². The number of ether oxygens (including phenoxy) is 3. The summed E-state index contributed by atoms with van der Waals surface area (Å²) in [7, 11) is -5.06. The summed E-state index contributed by atoms with van der Waals surface area (Å²) in [6, 6.07) is 8.88. The van der Waals surface area contributed by atoms with E-state index < -0.39 is 68.8 Å². The first-order chi connectivity index (χ1) is 19.1. The number of Topliss-reactive ketones (excluding diaryl/α,β-unsaturated/α-hetero) is 2. The predicted molar refractivity (Wildman–Crippen MR) is 147 cm³/mol. The zero-order valence-electron chi connectivity index (χ0n) is 24.9. The number of carbonyl (C=O) groups excluding carboxylic acids is 4. The van der Waals surface area contributed by atoms with Crippen LogP contribution in [0.2, 0.25) is 0 Å². The van der Waals surface area contributed by atoms with Gasteiger partial charge in [0.15, 0.2) is 11.6 Å². The summed E-state index contributed by atoms with van der Waals surface area (Å²) in [4.78, 5) is 52.2. The summed E-state index contributed by atoms with van der Waals surface area (Å²) in [6.07, 6.45) is -1.82. The third kappa shape index (κ3) is 8.36. The number of hydrogen-bond acceptors (Lipinski definition) is 10. The molecular formula is C30H35NaO10S. The molecule has 0 radical (unpaired) electrons. The molecule has 0 amide bonds. The average Bonchev–Trinajstić information content (AvgIpc) is 2.94. The predicted octanol–water partition coefficient (Wildman–Crippen LogP) is 1.47. The van der Waals surface area contributed by atoms with E-state index in [0.29, 0.717) is 12.0 Å². The molecule has 0 spiro atoms. The van der Waals surface area contributed by atoms with Crippen molar-refractivity contribution in [2.45, 2.75) is 71.2 Å². The monoisotopic (exact) mass is 610 g/mol. The van der Waals surface area contributed by atoms with Gasteiger partial charge in [-0.15, -0.1) is 0 Å². The maximum Gasteiger partial charge on any atom is 1.00 e. The molecule has 2 aliphatic heterocycles. The van der Waals surface area contributed by atoms with Crippen LogP contribution in [0.4, 0.5) is 0 Å². The van der Waals surface area contributed by atoms with Crippen LogP contribution in [-0.2, 0) is 24.3 Å². The fourth-order valence-corrected chi connectivity index (χ4v) is 5.19. The third-order valence-corrected chi connectivity index (χ3v) is 8.33. The van der Waals surface area contributed by atoms with Crippen LogP contribution in [0.5, 0.6) is 0 Å². The smallest absolute Gasteiger partial charge is 0.744 e. The van der Waals surface area contributed by atoms with Gasteiger partial charge in [-0.05, 0) is 50.6 Å². The molecule has 6 atom stereocenters. The summed E-state index contributed by atoms with van der Waals surface area (Å²) in [5, 5.41) is 0. The van der Waals surface area contributed by atoms with Crippen LogP contribution in [0.25, 0.3) is 0 Å². The second-order valence-electron chi connectivity index (χ2n) is 10.5. The summed E-state index contributed by atoms with van der Waals surface area (Å²) >= 11 is 0. The Balaban J connectivity index is 0.00000616. The first-order valence-corrected chi connectivity index (χ1v) is 14.9. The Kier molecular flexibility index (Phi) is 12.7. The van der Waals surface area contributed by atoms with Gasteiger partial charge in [-0.1, -0.05) is 39.8 Å². The van der Waals surface area contributed by atoms with E-state index in [1.165, 1.54) is 31.2 Å². The molecule has 42 heavy (non-hydrogen) atoms. The van der Waals surface area contributed by atoms with E-state index in [-0.39, 0.29) is 58.6 Å². The number of ketones is 2. The van der Waals surface area contributed by atoms with Crippen molar-refractivity contribution in [2.24, 2.45) is 17.8 Å².